The van der Waals surface area contributed by atoms with Crippen LogP contribution < -0.4 is 9.47 Å². The summed E-state index contributed by atoms with van der Waals surface area (Å²) in [6, 6.07) is 12.7. The van der Waals surface area contributed by atoms with Gasteiger partial charge in [-0.05, 0) is 61.1 Å². The Morgan fingerprint density at radius 3 is 2.44 bits per heavy atom. The minimum absolute atomic E-state index is 0.264. The fraction of sp³-hybridized carbons (Fsp3) is 0.286. The highest BCUT2D eigenvalue weighted by atomic mass is 16.5. The van der Waals surface area contributed by atoms with Crippen molar-refractivity contribution in [1.82, 2.24) is 0 Å². The molecule has 0 heterocycles. The van der Waals surface area contributed by atoms with Gasteiger partial charge in [-0.1, -0.05) is 30.4 Å². The van der Waals surface area contributed by atoms with Crippen molar-refractivity contribution in [2.75, 3.05) is 7.11 Å². The lowest BCUT2D eigenvalue weighted by Gasteiger charge is -2.16. The fourth-order valence-corrected chi connectivity index (χ4v) is 3.04. The number of hydrogen-bond donors (Lipinski definition) is 1. The summed E-state index contributed by atoms with van der Waals surface area (Å²) in [6.07, 6.45) is 8.71. The second kappa shape index (κ2) is 7.88. The molecule has 0 aliphatic heterocycles. The highest BCUT2D eigenvalue weighted by Crippen LogP contribution is 2.32. The van der Waals surface area contributed by atoms with Crippen LogP contribution in [0.4, 0.5) is 0 Å². The summed E-state index contributed by atoms with van der Waals surface area (Å²) >= 11 is 0. The van der Waals surface area contributed by atoms with Gasteiger partial charge in [0.25, 0.3) is 0 Å². The highest BCUT2D eigenvalue weighted by Gasteiger charge is 2.18. The van der Waals surface area contributed by atoms with Crippen LogP contribution in [0.25, 0.3) is 12.2 Å². The maximum absolute atomic E-state index is 11.1. The number of methoxy groups -OCH3 is 1. The van der Waals surface area contributed by atoms with Crippen LogP contribution in [0.1, 0.15) is 47.2 Å². The molecule has 130 valence electrons. The summed E-state index contributed by atoms with van der Waals surface area (Å²) in [5.74, 6) is 0.569. The van der Waals surface area contributed by atoms with E-state index in [0.29, 0.717) is 0 Å². The molecule has 1 N–H and O–H groups in total. The lowest BCUT2D eigenvalue weighted by Crippen LogP contribution is -2.11. The third kappa shape index (κ3) is 4.41. The van der Waals surface area contributed by atoms with E-state index in [2.05, 4.69) is 0 Å². The zero-order valence-corrected chi connectivity index (χ0v) is 14.3. The normalized spacial score (nSPS) is 14.8. The van der Waals surface area contributed by atoms with E-state index in [9.17, 15) is 4.79 Å². The average molecular weight is 338 g/mol. The van der Waals surface area contributed by atoms with Crippen LogP contribution in [0.3, 0.4) is 0 Å². The lowest BCUT2D eigenvalue weighted by molar-refractivity contribution is 0.0697. The molecule has 25 heavy (non-hydrogen) atoms. The molecule has 0 amide bonds. The molecule has 4 heteroatoms. The van der Waals surface area contributed by atoms with Gasteiger partial charge < -0.3 is 14.6 Å². The van der Waals surface area contributed by atoms with Crippen LogP contribution in [-0.2, 0) is 0 Å². The number of carbonyl (C=O) groups is 1. The molecule has 1 saturated carbocycles. The maximum Gasteiger partial charge on any atom is 0.335 e. The lowest BCUT2D eigenvalue weighted by atomic mass is 10.1. The average Bonchev–Trinajstić information content (AvgIpc) is 3.13. The molecule has 2 aromatic carbocycles. The Bertz CT molecular complexity index is 773. The molecule has 1 fully saturated rings. The van der Waals surface area contributed by atoms with Crippen LogP contribution in [0.15, 0.2) is 42.5 Å². The molecule has 0 bridgehead atoms. The molecule has 0 aromatic heterocycles. The van der Waals surface area contributed by atoms with Crippen LogP contribution in [0, 0.1) is 0 Å². The van der Waals surface area contributed by atoms with E-state index in [0.717, 1.165) is 35.5 Å². The zero-order valence-electron chi connectivity index (χ0n) is 14.3. The van der Waals surface area contributed by atoms with Gasteiger partial charge in [0.2, 0.25) is 0 Å². The maximum atomic E-state index is 11.1. The monoisotopic (exact) mass is 338 g/mol. The van der Waals surface area contributed by atoms with E-state index < -0.39 is 5.97 Å². The first-order chi connectivity index (χ1) is 12.2. The minimum Gasteiger partial charge on any atom is -0.493 e. The van der Waals surface area contributed by atoms with Crippen LogP contribution in [0.5, 0.6) is 11.5 Å². The van der Waals surface area contributed by atoms with Gasteiger partial charge in [0.15, 0.2) is 11.5 Å². The van der Waals surface area contributed by atoms with Gasteiger partial charge in [-0.25, -0.2) is 4.79 Å². The minimum atomic E-state index is -0.924. The second-order valence-electron chi connectivity index (χ2n) is 6.20. The summed E-state index contributed by atoms with van der Waals surface area (Å²) in [6.45, 7) is 0. The van der Waals surface area contributed by atoms with Crippen molar-refractivity contribution >= 4 is 18.1 Å². The van der Waals surface area contributed by atoms with E-state index in [1.54, 1.807) is 25.3 Å². The quantitative estimate of drug-likeness (QED) is 0.762. The third-order valence-corrected chi connectivity index (χ3v) is 4.39. The first-order valence-corrected chi connectivity index (χ1v) is 8.52. The molecule has 1 aliphatic rings. The standard InChI is InChI=1S/C21H22O4/c1-24-19-12-11-16(14-20(19)25-18-7-2-3-8-18)10-9-15-5-4-6-17(13-15)21(22)23/h4-6,9-14,18H,2-3,7-8H2,1H3,(H,22,23)/b10-9+. The Kier molecular flexibility index (Phi) is 5.39. The van der Waals surface area contributed by atoms with Gasteiger partial charge in [0.05, 0.1) is 18.8 Å². The van der Waals surface area contributed by atoms with Crippen molar-refractivity contribution in [3.63, 3.8) is 0 Å². The molecule has 0 spiro atoms. The second-order valence-corrected chi connectivity index (χ2v) is 6.20. The topological polar surface area (TPSA) is 55.8 Å². The Morgan fingerprint density at radius 1 is 1.04 bits per heavy atom. The number of carboxylic acid groups (broad SMARTS) is 1. The van der Waals surface area contributed by atoms with Gasteiger partial charge in [0, 0.05) is 0 Å². The molecule has 4 nitrogen and oxygen atoms in total. The SMILES string of the molecule is COc1ccc(/C=C/c2cccc(C(=O)O)c2)cc1OC1CCCC1. The Morgan fingerprint density at radius 2 is 1.76 bits per heavy atom. The van der Waals surface area contributed by atoms with Gasteiger partial charge in [-0.15, -0.1) is 0 Å². The molecule has 2 aromatic rings. The van der Waals surface area contributed by atoms with Crippen LogP contribution >= 0.6 is 0 Å². The highest BCUT2D eigenvalue weighted by molar-refractivity contribution is 5.88. The number of aromatic carboxylic acids is 1. The van der Waals surface area contributed by atoms with Crippen LogP contribution in [0.2, 0.25) is 0 Å². The predicted octanol–water partition coefficient (Wildman–Crippen LogP) is 4.89. The summed E-state index contributed by atoms with van der Waals surface area (Å²) in [4.78, 5) is 11.1. The van der Waals surface area contributed by atoms with Gasteiger partial charge in [0.1, 0.15) is 0 Å². The molecule has 0 saturated heterocycles. The van der Waals surface area contributed by atoms with Crippen molar-refractivity contribution in [1.29, 1.82) is 0 Å². The van der Waals surface area contributed by atoms with E-state index in [-0.39, 0.29) is 11.7 Å². The Hall–Kier alpha value is -2.75. The number of benzene rings is 2. The molecular weight excluding hydrogens is 316 g/mol. The molecule has 0 radical (unpaired) electrons. The van der Waals surface area contributed by atoms with Gasteiger partial charge >= 0.3 is 5.97 Å². The largest absolute Gasteiger partial charge is 0.493 e. The first-order valence-electron chi connectivity index (χ1n) is 8.52. The van der Waals surface area contributed by atoms with Crippen molar-refractivity contribution in [3.05, 3.63) is 59.2 Å². The summed E-state index contributed by atoms with van der Waals surface area (Å²) in [7, 11) is 1.64. The van der Waals surface area contributed by atoms with Crippen molar-refractivity contribution in [3.8, 4) is 11.5 Å². The fourth-order valence-electron chi connectivity index (χ4n) is 3.04. The van der Waals surface area contributed by atoms with E-state index >= 15 is 0 Å². The summed E-state index contributed by atoms with van der Waals surface area (Å²) in [5.41, 5.74) is 2.10. The Balaban J connectivity index is 1.79. The zero-order chi connectivity index (χ0) is 17.6. The number of hydrogen-bond acceptors (Lipinski definition) is 3. The van der Waals surface area contributed by atoms with E-state index in [1.807, 2.05) is 36.4 Å². The molecule has 0 unspecified atom stereocenters. The Labute approximate surface area is 147 Å². The first kappa shape index (κ1) is 17.1. The number of carboxylic acids is 1. The molecule has 1 aliphatic carbocycles. The smallest absolute Gasteiger partial charge is 0.335 e. The molecule has 0 atom stereocenters. The van der Waals surface area contributed by atoms with Crippen molar-refractivity contribution < 1.29 is 19.4 Å². The summed E-state index contributed by atoms with van der Waals surface area (Å²) in [5, 5.41) is 9.07. The number of ether oxygens (including phenoxy) is 2. The predicted molar refractivity (Wildman–Crippen MR) is 98.2 cm³/mol. The van der Waals surface area contributed by atoms with Gasteiger partial charge in [-0.3, -0.25) is 0 Å². The van der Waals surface area contributed by atoms with E-state index in [4.69, 9.17) is 14.6 Å². The number of rotatable bonds is 6. The third-order valence-electron chi connectivity index (χ3n) is 4.39. The van der Waals surface area contributed by atoms with Crippen LogP contribution in [-0.4, -0.2) is 24.3 Å². The molecule has 3 rings (SSSR count). The van der Waals surface area contributed by atoms with Gasteiger partial charge in [-0.2, -0.15) is 0 Å². The molecular formula is C21H22O4. The summed E-state index contributed by atoms with van der Waals surface area (Å²) < 4.78 is 11.5. The van der Waals surface area contributed by atoms with Crippen molar-refractivity contribution in [2.45, 2.75) is 31.8 Å². The van der Waals surface area contributed by atoms with Crippen molar-refractivity contribution in [2.24, 2.45) is 0 Å². The van der Waals surface area contributed by atoms with E-state index in [1.165, 1.54) is 12.8 Å².